The molecule has 0 spiro atoms. The van der Waals surface area contributed by atoms with Crippen molar-refractivity contribution >= 4 is 38.2 Å². The van der Waals surface area contributed by atoms with Crippen LogP contribution in [-0.4, -0.2) is 62.3 Å². The molecule has 1 N–H and O–H groups in total. The van der Waals surface area contributed by atoms with Gasteiger partial charge in [0.25, 0.3) is 5.91 Å². The highest BCUT2D eigenvalue weighted by Crippen LogP contribution is 2.38. The van der Waals surface area contributed by atoms with Gasteiger partial charge in [0.15, 0.2) is 0 Å². The van der Waals surface area contributed by atoms with Crippen LogP contribution >= 0.6 is 11.3 Å². The fraction of sp³-hybridized carbons (Fsp3) is 0.360. The molecular weight excluding hydrogens is 486 g/mol. The van der Waals surface area contributed by atoms with Crippen molar-refractivity contribution in [2.75, 3.05) is 32.1 Å². The number of carbonyl (C=O) groups excluding carboxylic acids is 2. The van der Waals surface area contributed by atoms with Gasteiger partial charge in [0.1, 0.15) is 5.00 Å². The topological polar surface area (TPSA) is 96.0 Å². The van der Waals surface area contributed by atoms with Crippen LogP contribution in [0.4, 0.5) is 5.00 Å². The molecule has 0 fully saturated rings. The molecule has 3 rings (SSSR count). The molecule has 2 aromatic rings. The smallest absolute Gasteiger partial charge is 0.341 e. The third-order valence-electron chi connectivity index (χ3n) is 5.85. The van der Waals surface area contributed by atoms with Crippen LogP contribution in [-0.2, 0) is 27.7 Å². The number of carbonyl (C=O) groups is 2. The Hall–Kier alpha value is -2.79. The fourth-order valence-electron chi connectivity index (χ4n) is 3.93. The number of esters is 1. The number of fused-ring (bicyclic) bond motifs is 1. The van der Waals surface area contributed by atoms with E-state index in [2.05, 4.69) is 37.2 Å². The maximum absolute atomic E-state index is 13.0. The van der Waals surface area contributed by atoms with E-state index in [1.165, 1.54) is 59.2 Å². The zero-order valence-electron chi connectivity index (χ0n) is 20.2. The van der Waals surface area contributed by atoms with Crippen molar-refractivity contribution in [2.24, 2.45) is 0 Å². The number of amides is 1. The summed E-state index contributed by atoms with van der Waals surface area (Å²) in [4.78, 5) is 29.0. The number of nitrogens with zero attached hydrogens (tertiary/aromatic N) is 2. The van der Waals surface area contributed by atoms with Gasteiger partial charge in [0, 0.05) is 42.7 Å². The summed E-state index contributed by atoms with van der Waals surface area (Å²) in [5, 5.41) is 3.28. The predicted octanol–water partition coefficient (Wildman–Crippen LogP) is 3.92. The predicted molar refractivity (Wildman–Crippen MR) is 138 cm³/mol. The van der Waals surface area contributed by atoms with E-state index in [-0.39, 0.29) is 23.5 Å². The van der Waals surface area contributed by atoms with E-state index in [9.17, 15) is 18.0 Å². The number of ether oxygens (including phenoxy) is 1. The fourth-order valence-corrected chi connectivity index (χ4v) is 6.57. The Morgan fingerprint density at radius 1 is 1.20 bits per heavy atom. The van der Waals surface area contributed by atoms with Crippen molar-refractivity contribution < 1.29 is 22.7 Å². The highest BCUT2D eigenvalue weighted by molar-refractivity contribution is 7.89. The normalized spacial score (nSPS) is 14.0. The van der Waals surface area contributed by atoms with Crippen molar-refractivity contribution in [1.29, 1.82) is 0 Å². The van der Waals surface area contributed by atoms with Crippen molar-refractivity contribution in [3.05, 3.63) is 71.1 Å². The molecule has 10 heteroatoms. The van der Waals surface area contributed by atoms with Gasteiger partial charge in [-0.25, -0.2) is 13.2 Å². The first kappa shape index (κ1) is 26.8. The maximum atomic E-state index is 13.0. The Labute approximate surface area is 210 Å². The first-order valence-electron chi connectivity index (χ1n) is 11.2. The van der Waals surface area contributed by atoms with Crippen molar-refractivity contribution in [1.82, 2.24) is 9.21 Å². The molecule has 1 aliphatic rings. The van der Waals surface area contributed by atoms with E-state index in [1.54, 1.807) is 0 Å². The molecule has 35 heavy (non-hydrogen) atoms. The zero-order valence-corrected chi connectivity index (χ0v) is 21.9. The van der Waals surface area contributed by atoms with Gasteiger partial charge in [-0.1, -0.05) is 12.2 Å². The van der Waals surface area contributed by atoms with E-state index < -0.39 is 21.9 Å². The first-order chi connectivity index (χ1) is 16.6. The van der Waals surface area contributed by atoms with Crippen molar-refractivity contribution in [2.45, 2.75) is 37.8 Å². The molecule has 8 nitrogen and oxygen atoms in total. The molecule has 1 amide bonds. The van der Waals surface area contributed by atoms with Crippen molar-refractivity contribution in [3.8, 4) is 0 Å². The van der Waals surface area contributed by atoms with Crippen molar-refractivity contribution in [3.63, 3.8) is 0 Å². The highest BCUT2D eigenvalue weighted by Gasteiger charge is 2.30. The Morgan fingerprint density at radius 3 is 2.37 bits per heavy atom. The standard InChI is InChI=1S/C25H31N3O5S2/c1-6-13-28(14-7-2)35(31,32)19-10-8-18(9-11-19)23(29)26-24-22(25(30)33-5)20-12-15-27(17(3)4)16-21(20)34-24/h6-11,17H,1-2,12-16H2,3-5H3,(H,26,29). The number of thiophene rings is 1. The lowest BCUT2D eigenvalue weighted by Crippen LogP contribution is -2.35. The third-order valence-corrected chi connectivity index (χ3v) is 8.83. The zero-order chi connectivity index (χ0) is 25.8. The van der Waals surface area contributed by atoms with Gasteiger partial charge in [-0.05, 0) is 50.1 Å². The maximum Gasteiger partial charge on any atom is 0.341 e. The summed E-state index contributed by atoms with van der Waals surface area (Å²) in [6.45, 7) is 13.3. The summed E-state index contributed by atoms with van der Waals surface area (Å²) >= 11 is 1.38. The lowest BCUT2D eigenvalue weighted by molar-refractivity contribution is 0.0600. The van der Waals surface area contributed by atoms with E-state index >= 15 is 0 Å². The molecular formula is C25H31N3O5S2. The largest absolute Gasteiger partial charge is 0.465 e. The molecule has 0 radical (unpaired) electrons. The molecule has 0 unspecified atom stereocenters. The number of methoxy groups -OCH3 is 1. The minimum atomic E-state index is -3.77. The number of sulfonamides is 1. The van der Waals surface area contributed by atoms with Gasteiger partial charge in [0.2, 0.25) is 10.0 Å². The Morgan fingerprint density at radius 2 is 1.83 bits per heavy atom. The van der Waals surface area contributed by atoms with Gasteiger partial charge in [-0.3, -0.25) is 9.69 Å². The third kappa shape index (κ3) is 5.72. The van der Waals surface area contributed by atoms with Crippen LogP contribution in [0, 0.1) is 0 Å². The van der Waals surface area contributed by atoms with Gasteiger partial charge in [-0.15, -0.1) is 24.5 Å². The van der Waals surface area contributed by atoms with Crippen LogP contribution < -0.4 is 5.32 Å². The molecule has 0 atom stereocenters. The van der Waals surface area contributed by atoms with Gasteiger partial charge in [-0.2, -0.15) is 4.31 Å². The molecule has 0 bridgehead atoms. The number of benzene rings is 1. The number of hydrogen-bond acceptors (Lipinski definition) is 7. The first-order valence-corrected chi connectivity index (χ1v) is 13.5. The molecule has 0 aliphatic carbocycles. The number of rotatable bonds is 10. The van der Waals surface area contributed by atoms with Crippen LogP contribution in [0.5, 0.6) is 0 Å². The molecule has 0 saturated carbocycles. The quantitative estimate of drug-likeness (QED) is 0.379. The average molecular weight is 518 g/mol. The van der Waals surface area contributed by atoms with E-state index in [4.69, 9.17) is 4.74 Å². The average Bonchev–Trinajstić information content (AvgIpc) is 3.20. The van der Waals surface area contributed by atoms with Crippen LogP contribution in [0.25, 0.3) is 0 Å². The second kappa shape index (κ2) is 11.3. The van der Waals surface area contributed by atoms with Gasteiger partial charge >= 0.3 is 5.97 Å². The molecule has 188 valence electrons. The van der Waals surface area contributed by atoms with Gasteiger partial charge < -0.3 is 10.1 Å². The molecule has 2 heterocycles. The minimum absolute atomic E-state index is 0.0633. The Balaban J connectivity index is 1.86. The second-order valence-electron chi connectivity index (χ2n) is 8.39. The molecule has 1 aromatic heterocycles. The monoisotopic (exact) mass is 517 g/mol. The summed E-state index contributed by atoms with van der Waals surface area (Å²) in [7, 11) is -2.45. The Kier molecular flexibility index (Phi) is 8.65. The lowest BCUT2D eigenvalue weighted by Gasteiger charge is -2.30. The van der Waals surface area contributed by atoms with Crippen LogP contribution in [0.3, 0.4) is 0 Å². The Bertz CT molecular complexity index is 1210. The molecule has 1 aromatic carbocycles. The molecule has 0 saturated heterocycles. The number of hydrogen-bond donors (Lipinski definition) is 1. The van der Waals surface area contributed by atoms with Crippen LogP contribution in [0.1, 0.15) is 45.0 Å². The minimum Gasteiger partial charge on any atom is -0.465 e. The van der Waals surface area contributed by atoms with E-state index in [0.717, 1.165) is 17.0 Å². The summed E-state index contributed by atoms with van der Waals surface area (Å²) in [5.41, 5.74) is 1.59. The van der Waals surface area contributed by atoms with Crippen LogP contribution in [0.15, 0.2) is 54.5 Å². The number of anilines is 1. The highest BCUT2D eigenvalue weighted by atomic mass is 32.2. The molecule has 1 aliphatic heterocycles. The summed E-state index contributed by atoms with van der Waals surface area (Å²) in [5.74, 6) is -0.922. The SMILES string of the molecule is C=CCN(CC=C)S(=O)(=O)c1ccc(C(=O)Nc2sc3c(c2C(=O)OC)CCN(C(C)C)C3)cc1. The van der Waals surface area contributed by atoms with Crippen LogP contribution in [0.2, 0.25) is 0 Å². The lowest BCUT2D eigenvalue weighted by atomic mass is 10.0. The summed E-state index contributed by atoms with van der Waals surface area (Å²) < 4.78 is 32.0. The second-order valence-corrected chi connectivity index (χ2v) is 11.4. The van der Waals surface area contributed by atoms with E-state index in [1.807, 2.05) is 0 Å². The van der Waals surface area contributed by atoms with Gasteiger partial charge in [0.05, 0.1) is 17.6 Å². The summed E-state index contributed by atoms with van der Waals surface area (Å²) in [6, 6.07) is 6.06. The summed E-state index contributed by atoms with van der Waals surface area (Å²) in [6.07, 6.45) is 3.70. The van der Waals surface area contributed by atoms with E-state index in [0.29, 0.717) is 29.6 Å². The number of nitrogens with one attached hydrogen (secondary N) is 1.